The zero-order valence-electron chi connectivity index (χ0n) is 9.81. The van der Waals surface area contributed by atoms with E-state index in [0.717, 1.165) is 6.54 Å². The van der Waals surface area contributed by atoms with E-state index in [1.165, 1.54) is 12.8 Å². The lowest BCUT2D eigenvalue weighted by Crippen LogP contribution is -2.40. The molecule has 0 unspecified atom stereocenters. The third-order valence-electron chi connectivity index (χ3n) is 2.57. The van der Waals surface area contributed by atoms with Crippen LogP contribution < -0.4 is 10.6 Å². The summed E-state index contributed by atoms with van der Waals surface area (Å²) in [5.74, 6) is -0.404. The number of halogens is 3. The molecule has 1 aliphatic carbocycles. The maximum Gasteiger partial charge on any atom is 0.401 e. The summed E-state index contributed by atoms with van der Waals surface area (Å²) in [5, 5.41) is 4.62. The van der Waals surface area contributed by atoms with Gasteiger partial charge in [-0.15, -0.1) is 0 Å². The highest BCUT2D eigenvalue weighted by atomic mass is 19.4. The van der Waals surface area contributed by atoms with E-state index < -0.39 is 18.6 Å². The molecule has 17 heavy (non-hydrogen) atoms. The number of nitrogens with zero attached hydrogens (tertiary/aromatic N) is 1. The second kappa shape index (κ2) is 6.20. The Kier molecular flexibility index (Phi) is 5.20. The van der Waals surface area contributed by atoms with Crippen molar-refractivity contribution in [3.05, 3.63) is 0 Å². The molecule has 0 aromatic rings. The number of nitrogens with one attached hydrogen (secondary N) is 2. The summed E-state index contributed by atoms with van der Waals surface area (Å²) >= 11 is 0. The number of carbonyl (C=O) groups is 1. The van der Waals surface area contributed by atoms with Crippen LogP contribution in [-0.2, 0) is 4.79 Å². The molecule has 0 saturated heterocycles. The summed E-state index contributed by atoms with van der Waals surface area (Å²) in [7, 11) is 1.98. The highest BCUT2D eigenvalue weighted by Gasteiger charge is 2.27. The van der Waals surface area contributed by atoms with Crippen LogP contribution in [0.1, 0.15) is 12.8 Å². The molecule has 1 saturated carbocycles. The van der Waals surface area contributed by atoms with Crippen molar-refractivity contribution in [3.8, 4) is 0 Å². The van der Waals surface area contributed by atoms with E-state index in [1.807, 2.05) is 12.4 Å². The summed E-state index contributed by atoms with van der Waals surface area (Å²) in [6.07, 6.45) is -1.89. The standard InChI is InChI=1S/C10H18F3N3O/c1-16(8-2-3-8)5-4-15-9(17)6-14-7-10(11,12)13/h8,14H,2-7H2,1H3,(H,15,17). The lowest BCUT2D eigenvalue weighted by atomic mass is 10.4. The molecule has 0 aliphatic heterocycles. The molecule has 0 atom stereocenters. The quantitative estimate of drug-likeness (QED) is 0.688. The van der Waals surface area contributed by atoms with Crippen LogP contribution in [0.3, 0.4) is 0 Å². The SMILES string of the molecule is CN(CCNC(=O)CNCC(F)(F)F)C1CC1. The molecule has 1 fully saturated rings. The molecule has 0 aromatic carbocycles. The minimum Gasteiger partial charge on any atom is -0.354 e. The molecule has 0 bridgehead atoms. The zero-order chi connectivity index (χ0) is 12.9. The predicted octanol–water partition coefficient (Wildman–Crippen LogP) is 0.349. The van der Waals surface area contributed by atoms with Crippen LogP contribution in [0, 0.1) is 0 Å². The fourth-order valence-corrected chi connectivity index (χ4v) is 1.45. The van der Waals surface area contributed by atoms with Crippen molar-refractivity contribution in [1.29, 1.82) is 0 Å². The maximum atomic E-state index is 11.8. The number of hydrogen-bond donors (Lipinski definition) is 2. The predicted molar refractivity (Wildman–Crippen MR) is 57.6 cm³/mol. The van der Waals surface area contributed by atoms with Crippen molar-refractivity contribution >= 4 is 5.91 Å². The first-order chi connectivity index (χ1) is 7.88. The smallest absolute Gasteiger partial charge is 0.354 e. The summed E-state index contributed by atoms with van der Waals surface area (Å²) in [5.41, 5.74) is 0. The largest absolute Gasteiger partial charge is 0.401 e. The Balaban J connectivity index is 1.97. The van der Waals surface area contributed by atoms with Gasteiger partial charge in [0.1, 0.15) is 0 Å². The Morgan fingerprint density at radius 1 is 1.41 bits per heavy atom. The van der Waals surface area contributed by atoms with Crippen molar-refractivity contribution in [2.24, 2.45) is 0 Å². The number of rotatable bonds is 7. The summed E-state index contributed by atoms with van der Waals surface area (Å²) in [6, 6.07) is 0.621. The lowest BCUT2D eigenvalue weighted by Gasteiger charge is -2.15. The second-order valence-corrected chi connectivity index (χ2v) is 4.28. The van der Waals surface area contributed by atoms with Crippen molar-refractivity contribution in [3.63, 3.8) is 0 Å². The van der Waals surface area contributed by atoms with E-state index in [4.69, 9.17) is 0 Å². The number of likely N-dealkylation sites (N-methyl/N-ethyl adjacent to an activating group) is 1. The molecule has 7 heteroatoms. The molecule has 1 amide bonds. The van der Waals surface area contributed by atoms with Gasteiger partial charge in [0, 0.05) is 19.1 Å². The van der Waals surface area contributed by atoms with Gasteiger partial charge in [0.2, 0.25) is 5.91 Å². The van der Waals surface area contributed by atoms with Crippen LogP contribution in [0.4, 0.5) is 13.2 Å². The van der Waals surface area contributed by atoms with E-state index in [2.05, 4.69) is 10.2 Å². The monoisotopic (exact) mass is 253 g/mol. The van der Waals surface area contributed by atoms with E-state index >= 15 is 0 Å². The van der Waals surface area contributed by atoms with Gasteiger partial charge in [-0.25, -0.2) is 0 Å². The summed E-state index contributed by atoms with van der Waals surface area (Å²) in [6.45, 7) is -0.232. The molecule has 1 rings (SSSR count). The van der Waals surface area contributed by atoms with Crippen molar-refractivity contribution in [2.45, 2.75) is 25.1 Å². The molecule has 4 nitrogen and oxygen atoms in total. The Morgan fingerprint density at radius 3 is 2.59 bits per heavy atom. The van der Waals surface area contributed by atoms with Crippen LogP contribution >= 0.6 is 0 Å². The Bertz CT molecular complexity index is 254. The van der Waals surface area contributed by atoms with Crippen LogP contribution in [0.25, 0.3) is 0 Å². The van der Waals surface area contributed by atoms with Crippen LogP contribution in [0.5, 0.6) is 0 Å². The van der Waals surface area contributed by atoms with Crippen LogP contribution in [0.15, 0.2) is 0 Å². The third-order valence-corrected chi connectivity index (χ3v) is 2.57. The van der Waals surface area contributed by atoms with Crippen LogP contribution in [0.2, 0.25) is 0 Å². The van der Waals surface area contributed by atoms with Gasteiger partial charge in [0.25, 0.3) is 0 Å². The molecule has 0 spiro atoms. The fraction of sp³-hybridized carbons (Fsp3) is 0.900. The normalized spacial score (nSPS) is 16.3. The Hall–Kier alpha value is -0.820. The molecule has 0 heterocycles. The highest BCUT2D eigenvalue weighted by Crippen LogP contribution is 2.24. The van der Waals surface area contributed by atoms with Gasteiger partial charge >= 0.3 is 6.18 Å². The second-order valence-electron chi connectivity index (χ2n) is 4.28. The molecule has 0 aromatic heterocycles. The average Bonchev–Trinajstić information content (AvgIpc) is 2.98. The minimum absolute atomic E-state index is 0.299. The number of hydrogen-bond acceptors (Lipinski definition) is 3. The van der Waals surface area contributed by atoms with Crippen molar-refractivity contribution in [2.75, 3.05) is 33.2 Å². The van der Waals surface area contributed by atoms with Gasteiger partial charge < -0.3 is 15.5 Å². The van der Waals surface area contributed by atoms with E-state index in [-0.39, 0.29) is 6.54 Å². The molecular weight excluding hydrogens is 235 g/mol. The lowest BCUT2D eigenvalue weighted by molar-refractivity contribution is -0.128. The number of alkyl halides is 3. The molecule has 2 N–H and O–H groups in total. The van der Waals surface area contributed by atoms with Gasteiger partial charge in [-0.05, 0) is 19.9 Å². The highest BCUT2D eigenvalue weighted by molar-refractivity contribution is 5.77. The summed E-state index contributed by atoms with van der Waals surface area (Å²) in [4.78, 5) is 13.3. The van der Waals surface area contributed by atoms with E-state index in [1.54, 1.807) is 0 Å². The summed E-state index contributed by atoms with van der Waals surface area (Å²) < 4.78 is 35.3. The van der Waals surface area contributed by atoms with E-state index in [9.17, 15) is 18.0 Å². The first kappa shape index (κ1) is 14.2. The van der Waals surface area contributed by atoms with Gasteiger partial charge in [-0.1, -0.05) is 0 Å². The minimum atomic E-state index is -4.27. The average molecular weight is 253 g/mol. The fourth-order valence-electron chi connectivity index (χ4n) is 1.45. The maximum absolute atomic E-state index is 11.8. The number of carbonyl (C=O) groups excluding carboxylic acids is 1. The van der Waals surface area contributed by atoms with Gasteiger partial charge in [-0.3, -0.25) is 4.79 Å². The van der Waals surface area contributed by atoms with Crippen LogP contribution in [-0.4, -0.2) is 56.3 Å². The topological polar surface area (TPSA) is 44.4 Å². The number of amides is 1. The molecular formula is C10H18F3N3O. The molecule has 1 aliphatic rings. The van der Waals surface area contributed by atoms with Gasteiger partial charge in [-0.2, -0.15) is 13.2 Å². The van der Waals surface area contributed by atoms with Gasteiger partial charge in [0.15, 0.2) is 0 Å². The zero-order valence-corrected chi connectivity index (χ0v) is 9.81. The first-order valence-electron chi connectivity index (χ1n) is 5.63. The first-order valence-corrected chi connectivity index (χ1v) is 5.63. The van der Waals surface area contributed by atoms with Crippen molar-refractivity contribution in [1.82, 2.24) is 15.5 Å². The van der Waals surface area contributed by atoms with E-state index in [0.29, 0.717) is 12.6 Å². The van der Waals surface area contributed by atoms with Gasteiger partial charge in [0.05, 0.1) is 13.1 Å². The Morgan fingerprint density at radius 2 is 2.06 bits per heavy atom. The van der Waals surface area contributed by atoms with Crippen molar-refractivity contribution < 1.29 is 18.0 Å². The Labute approximate surface area is 98.5 Å². The molecule has 100 valence electrons. The third kappa shape index (κ3) is 7.17. The molecule has 0 radical (unpaired) electrons.